The largest absolute Gasteiger partial charge is 0.468 e. The fraction of sp³-hybridized carbons (Fsp3) is 0.417. The van der Waals surface area contributed by atoms with Gasteiger partial charge in [-0.3, -0.25) is 4.79 Å². The molecule has 0 radical (unpaired) electrons. The second kappa shape index (κ2) is 5.89. The van der Waals surface area contributed by atoms with E-state index in [0.717, 1.165) is 4.31 Å². The Morgan fingerprint density at radius 2 is 2.10 bits per heavy atom. The van der Waals surface area contributed by atoms with Crippen molar-refractivity contribution >= 4 is 39.2 Å². The van der Waals surface area contributed by atoms with Crippen LogP contribution in [0.25, 0.3) is 0 Å². The van der Waals surface area contributed by atoms with Crippen molar-refractivity contribution in [2.24, 2.45) is 0 Å². The van der Waals surface area contributed by atoms with E-state index < -0.39 is 22.0 Å². The standard InChI is InChI=1S/C12H13Cl2NO4S/c1-19-12(16)9-5-3-7-15(9)20(17,18)10-6-2-4-8(13)11(10)14/h2,4,6,9H,3,5,7H2,1H3. The van der Waals surface area contributed by atoms with Gasteiger partial charge in [-0.1, -0.05) is 29.3 Å². The molecule has 0 aromatic heterocycles. The molecule has 1 aliphatic heterocycles. The van der Waals surface area contributed by atoms with Crippen molar-refractivity contribution in [3.05, 3.63) is 28.2 Å². The van der Waals surface area contributed by atoms with Gasteiger partial charge < -0.3 is 4.74 Å². The van der Waals surface area contributed by atoms with Crippen LogP contribution in [0.3, 0.4) is 0 Å². The van der Waals surface area contributed by atoms with E-state index in [1.54, 1.807) is 0 Å². The summed E-state index contributed by atoms with van der Waals surface area (Å²) < 4.78 is 31.0. The molecular formula is C12H13Cl2NO4S. The molecule has 1 heterocycles. The number of hydrogen-bond donors (Lipinski definition) is 0. The Morgan fingerprint density at radius 1 is 1.40 bits per heavy atom. The van der Waals surface area contributed by atoms with E-state index in [0.29, 0.717) is 12.8 Å². The minimum atomic E-state index is -3.88. The molecule has 0 aliphatic carbocycles. The van der Waals surface area contributed by atoms with Gasteiger partial charge in [0.15, 0.2) is 0 Å². The zero-order chi connectivity index (χ0) is 14.9. The number of halogens is 2. The smallest absolute Gasteiger partial charge is 0.324 e. The number of nitrogens with zero attached hydrogens (tertiary/aromatic N) is 1. The third-order valence-electron chi connectivity index (χ3n) is 3.18. The number of benzene rings is 1. The lowest BCUT2D eigenvalue weighted by Gasteiger charge is -2.22. The van der Waals surface area contributed by atoms with Crippen LogP contribution in [0, 0.1) is 0 Å². The molecule has 8 heteroatoms. The van der Waals surface area contributed by atoms with Crippen LogP contribution in [0.15, 0.2) is 23.1 Å². The number of ether oxygens (including phenoxy) is 1. The van der Waals surface area contributed by atoms with E-state index in [4.69, 9.17) is 23.2 Å². The lowest BCUT2D eigenvalue weighted by atomic mass is 10.2. The van der Waals surface area contributed by atoms with E-state index in [1.807, 2.05) is 0 Å². The molecule has 1 fully saturated rings. The van der Waals surface area contributed by atoms with Crippen molar-refractivity contribution in [3.8, 4) is 0 Å². The summed E-state index contributed by atoms with van der Waals surface area (Å²) in [6, 6.07) is 3.57. The van der Waals surface area contributed by atoms with Gasteiger partial charge in [-0.25, -0.2) is 8.42 Å². The van der Waals surface area contributed by atoms with Crippen LogP contribution in [0.4, 0.5) is 0 Å². The highest BCUT2D eigenvalue weighted by Crippen LogP contribution is 2.34. The molecule has 1 aromatic carbocycles. The highest BCUT2D eigenvalue weighted by atomic mass is 35.5. The van der Waals surface area contributed by atoms with Gasteiger partial charge in [0.05, 0.1) is 17.2 Å². The summed E-state index contributed by atoms with van der Waals surface area (Å²) in [7, 11) is -2.65. The number of sulfonamides is 1. The minimum Gasteiger partial charge on any atom is -0.468 e. The first-order valence-electron chi connectivity index (χ1n) is 5.93. The number of hydrogen-bond acceptors (Lipinski definition) is 4. The summed E-state index contributed by atoms with van der Waals surface area (Å²) in [6.07, 6.45) is 1.03. The number of carbonyl (C=O) groups is 1. The van der Waals surface area contributed by atoms with Gasteiger partial charge in [0.25, 0.3) is 0 Å². The Kier molecular flexibility index (Phi) is 4.59. The number of rotatable bonds is 3. The van der Waals surface area contributed by atoms with Gasteiger partial charge in [0.1, 0.15) is 10.9 Å². The van der Waals surface area contributed by atoms with Crippen molar-refractivity contribution < 1.29 is 17.9 Å². The Labute approximate surface area is 127 Å². The molecule has 0 saturated carbocycles. The van der Waals surface area contributed by atoms with Crippen molar-refractivity contribution in [3.63, 3.8) is 0 Å². The average Bonchev–Trinajstić information content (AvgIpc) is 2.90. The molecule has 0 bridgehead atoms. The molecule has 1 saturated heterocycles. The molecule has 0 spiro atoms. The SMILES string of the molecule is COC(=O)C1CCCN1S(=O)(=O)c1cccc(Cl)c1Cl. The minimum absolute atomic E-state index is 0.0373. The summed E-state index contributed by atoms with van der Waals surface area (Å²) in [5.41, 5.74) is 0. The molecule has 5 nitrogen and oxygen atoms in total. The lowest BCUT2D eigenvalue weighted by Crippen LogP contribution is -2.41. The van der Waals surface area contributed by atoms with Crippen LogP contribution < -0.4 is 0 Å². The van der Waals surface area contributed by atoms with Crippen molar-refractivity contribution in [1.82, 2.24) is 4.31 Å². The predicted molar refractivity (Wildman–Crippen MR) is 75.4 cm³/mol. The quantitative estimate of drug-likeness (QED) is 0.794. The zero-order valence-corrected chi connectivity index (χ0v) is 13.0. The molecule has 1 unspecified atom stereocenters. The first-order valence-corrected chi connectivity index (χ1v) is 8.13. The van der Waals surface area contributed by atoms with Crippen LogP contribution in [-0.2, 0) is 19.6 Å². The Morgan fingerprint density at radius 3 is 2.75 bits per heavy atom. The second-order valence-corrected chi connectivity index (χ2v) is 6.99. The third-order valence-corrected chi connectivity index (χ3v) is 6.06. The highest BCUT2D eigenvalue weighted by molar-refractivity contribution is 7.89. The summed E-state index contributed by atoms with van der Waals surface area (Å²) in [6.45, 7) is 0.255. The fourth-order valence-electron chi connectivity index (χ4n) is 2.21. The Bertz CT molecular complexity index is 632. The van der Waals surface area contributed by atoms with Gasteiger partial charge in [-0.05, 0) is 25.0 Å². The van der Waals surface area contributed by atoms with Gasteiger partial charge in [-0.2, -0.15) is 4.31 Å². The third kappa shape index (κ3) is 2.65. The molecule has 0 amide bonds. The maximum Gasteiger partial charge on any atom is 0.324 e. The van der Waals surface area contributed by atoms with E-state index in [-0.39, 0.29) is 21.5 Å². The van der Waals surface area contributed by atoms with Crippen LogP contribution in [0.1, 0.15) is 12.8 Å². The first-order chi connectivity index (χ1) is 9.39. The fourth-order valence-corrected chi connectivity index (χ4v) is 4.59. The number of carbonyl (C=O) groups excluding carboxylic acids is 1. The maximum atomic E-state index is 12.6. The summed E-state index contributed by atoms with van der Waals surface area (Å²) in [5.74, 6) is -0.566. The molecular weight excluding hydrogens is 325 g/mol. The van der Waals surface area contributed by atoms with E-state index >= 15 is 0 Å². The molecule has 2 rings (SSSR count). The highest BCUT2D eigenvalue weighted by Gasteiger charge is 2.41. The van der Waals surface area contributed by atoms with Crippen molar-refractivity contribution in [2.75, 3.05) is 13.7 Å². The van der Waals surface area contributed by atoms with E-state index in [2.05, 4.69) is 4.74 Å². The molecule has 20 heavy (non-hydrogen) atoms. The van der Waals surface area contributed by atoms with Crippen LogP contribution in [-0.4, -0.2) is 38.4 Å². The molecule has 1 atom stereocenters. The molecule has 110 valence electrons. The van der Waals surface area contributed by atoms with Gasteiger partial charge in [0.2, 0.25) is 10.0 Å². The van der Waals surface area contributed by atoms with Crippen LogP contribution in [0.5, 0.6) is 0 Å². The van der Waals surface area contributed by atoms with Crippen LogP contribution in [0.2, 0.25) is 10.0 Å². The summed E-state index contributed by atoms with van der Waals surface area (Å²) in [4.78, 5) is 11.6. The van der Waals surface area contributed by atoms with E-state index in [1.165, 1.54) is 25.3 Å². The number of esters is 1. The average molecular weight is 338 g/mol. The van der Waals surface area contributed by atoms with Crippen molar-refractivity contribution in [2.45, 2.75) is 23.8 Å². The second-order valence-electron chi connectivity index (χ2n) is 4.35. The summed E-state index contributed by atoms with van der Waals surface area (Å²) >= 11 is 11.8. The molecule has 1 aliphatic rings. The lowest BCUT2D eigenvalue weighted by molar-refractivity contribution is -0.144. The Balaban J connectivity index is 2.44. The summed E-state index contributed by atoms with van der Waals surface area (Å²) in [5, 5.41) is 0.117. The monoisotopic (exact) mass is 337 g/mol. The maximum absolute atomic E-state index is 12.6. The van der Waals surface area contributed by atoms with Gasteiger partial charge in [0, 0.05) is 6.54 Å². The molecule has 1 aromatic rings. The normalized spacial score (nSPS) is 20.1. The Hall–Kier alpha value is -0.820. The topological polar surface area (TPSA) is 63.7 Å². The first kappa shape index (κ1) is 15.6. The zero-order valence-electron chi connectivity index (χ0n) is 10.7. The number of methoxy groups -OCH3 is 1. The van der Waals surface area contributed by atoms with Gasteiger partial charge >= 0.3 is 5.97 Å². The van der Waals surface area contributed by atoms with E-state index in [9.17, 15) is 13.2 Å². The van der Waals surface area contributed by atoms with Crippen LogP contribution >= 0.6 is 23.2 Å². The predicted octanol–water partition coefficient (Wildman–Crippen LogP) is 2.32. The molecule has 0 N–H and O–H groups in total. The van der Waals surface area contributed by atoms with Crippen molar-refractivity contribution in [1.29, 1.82) is 0 Å². The van der Waals surface area contributed by atoms with Gasteiger partial charge in [-0.15, -0.1) is 0 Å².